The zero-order chi connectivity index (χ0) is 13.1. The van der Waals surface area contributed by atoms with Crippen molar-refractivity contribution in [3.63, 3.8) is 0 Å². The molecular weight excluding hydrogens is 273 g/mol. The highest BCUT2D eigenvalue weighted by atomic mass is 35.5. The average Bonchev–Trinajstić information content (AvgIpc) is 2.34. The molecule has 2 rings (SSSR count). The van der Waals surface area contributed by atoms with E-state index < -0.39 is 0 Å². The number of nitrogens with one attached hydrogen (secondary N) is 1. The van der Waals surface area contributed by atoms with E-state index in [9.17, 15) is 4.79 Å². The Balaban J connectivity index is 2.21. The number of hydrogen-bond donors (Lipinski definition) is 2. The van der Waals surface area contributed by atoms with E-state index in [0.717, 1.165) is 0 Å². The zero-order valence-corrected chi connectivity index (χ0v) is 10.7. The van der Waals surface area contributed by atoms with Gasteiger partial charge in [0.05, 0.1) is 16.4 Å². The van der Waals surface area contributed by atoms with Crippen molar-refractivity contribution in [1.29, 1.82) is 0 Å². The van der Waals surface area contributed by atoms with Gasteiger partial charge in [-0.2, -0.15) is 0 Å². The van der Waals surface area contributed by atoms with E-state index in [4.69, 9.17) is 28.9 Å². The molecule has 2 aromatic rings. The predicted molar refractivity (Wildman–Crippen MR) is 73.1 cm³/mol. The minimum atomic E-state index is -0.374. The van der Waals surface area contributed by atoms with Crippen molar-refractivity contribution >= 4 is 40.5 Å². The summed E-state index contributed by atoms with van der Waals surface area (Å²) in [6.45, 7) is 0. The Kier molecular flexibility index (Phi) is 3.69. The Morgan fingerprint density at radius 1 is 1.17 bits per heavy atom. The van der Waals surface area contributed by atoms with Crippen LogP contribution in [0.2, 0.25) is 10.0 Å². The smallest absolute Gasteiger partial charge is 0.274 e. The molecule has 0 fully saturated rings. The van der Waals surface area contributed by atoms with Crippen LogP contribution in [0.4, 0.5) is 11.4 Å². The number of amides is 1. The van der Waals surface area contributed by atoms with Crippen LogP contribution in [0.5, 0.6) is 0 Å². The van der Waals surface area contributed by atoms with Crippen LogP contribution in [0.15, 0.2) is 36.5 Å². The fourth-order valence-electron chi connectivity index (χ4n) is 1.33. The van der Waals surface area contributed by atoms with Gasteiger partial charge in [0.2, 0.25) is 0 Å². The fraction of sp³-hybridized carbons (Fsp3) is 0. The van der Waals surface area contributed by atoms with Crippen molar-refractivity contribution in [1.82, 2.24) is 4.98 Å². The van der Waals surface area contributed by atoms with Gasteiger partial charge in [0, 0.05) is 11.2 Å². The Hall–Kier alpha value is -1.78. The summed E-state index contributed by atoms with van der Waals surface area (Å²) in [6, 6.07) is 7.95. The molecule has 0 bridgehead atoms. The maximum absolute atomic E-state index is 11.9. The van der Waals surface area contributed by atoms with Gasteiger partial charge in [-0.25, -0.2) is 4.98 Å². The zero-order valence-electron chi connectivity index (χ0n) is 9.15. The molecule has 1 heterocycles. The van der Waals surface area contributed by atoms with E-state index in [2.05, 4.69) is 10.3 Å². The first-order valence-electron chi connectivity index (χ1n) is 5.04. The lowest BCUT2D eigenvalue weighted by molar-refractivity contribution is 0.102. The van der Waals surface area contributed by atoms with E-state index in [-0.39, 0.29) is 11.6 Å². The van der Waals surface area contributed by atoms with Gasteiger partial charge in [0.15, 0.2) is 0 Å². The summed E-state index contributed by atoms with van der Waals surface area (Å²) in [5.74, 6) is -0.374. The standard InChI is InChI=1S/C12H9Cl2N3O/c13-7-1-3-9(15)11(5-7)17-12(18)10-4-2-8(14)6-16-10/h1-6H,15H2,(H,17,18). The summed E-state index contributed by atoms with van der Waals surface area (Å²) in [4.78, 5) is 15.8. The highest BCUT2D eigenvalue weighted by Crippen LogP contribution is 2.23. The monoisotopic (exact) mass is 281 g/mol. The average molecular weight is 282 g/mol. The molecule has 0 unspecified atom stereocenters. The van der Waals surface area contributed by atoms with Crippen LogP contribution in [0.1, 0.15) is 10.5 Å². The number of halogens is 2. The number of carbonyl (C=O) groups is 1. The topological polar surface area (TPSA) is 68.0 Å². The van der Waals surface area contributed by atoms with Crippen LogP contribution in [0.3, 0.4) is 0 Å². The summed E-state index contributed by atoms with van der Waals surface area (Å²) in [6.07, 6.45) is 1.40. The maximum Gasteiger partial charge on any atom is 0.274 e. The third-order valence-electron chi connectivity index (χ3n) is 2.22. The normalized spacial score (nSPS) is 10.1. The van der Waals surface area contributed by atoms with Gasteiger partial charge in [0.1, 0.15) is 5.69 Å². The first-order valence-corrected chi connectivity index (χ1v) is 5.80. The highest BCUT2D eigenvalue weighted by molar-refractivity contribution is 6.31. The summed E-state index contributed by atoms with van der Waals surface area (Å²) in [7, 11) is 0. The van der Waals surface area contributed by atoms with Crippen LogP contribution in [-0.2, 0) is 0 Å². The molecule has 3 N–H and O–H groups in total. The van der Waals surface area contributed by atoms with Gasteiger partial charge < -0.3 is 11.1 Å². The largest absolute Gasteiger partial charge is 0.397 e. The summed E-state index contributed by atoms with van der Waals surface area (Å²) in [5, 5.41) is 3.59. The number of benzene rings is 1. The third-order valence-corrected chi connectivity index (χ3v) is 2.68. The second-order valence-corrected chi connectivity index (χ2v) is 4.42. The Labute approximate surface area is 114 Å². The molecule has 0 atom stereocenters. The molecule has 0 spiro atoms. The predicted octanol–water partition coefficient (Wildman–Crippen LogP) is 3.22. The molecule has 1 aromatic heterocycles. The molecule has 0 aliphatic rings. The molecule has 0 aliphatic heterocycles. The Morgan fingerprint density at radius 2 is 1.89 bits per heavy atom. The number of rotatable bonds is 2. The first kappa shape index (κ1) is 12.7. The quantitative estimate of drug-likeness (QED) is 0.831. The molecule has 0 aliphatic carbocycles. The lowest BCUT2D eigenvalue weighted by atomic mass is 10.2. The van der Waals surface area contributed by atoms with Gasteiger partial charge in [-0.3, -0.25) is 4.79 Å². The van der Waals surface area contributed by atoms with Crippen LogP contribution < -0.4 is 11.1 Å². The molecule has 1 amide bonds. The van der Waals surface area contributed by atoms with Crippen molar-refractivity contribution in [2.45, 2.75) is 0 Å². The Bertz CT molecular complexity index is 584. The van der Waals surface area contributed by atoms with Crippen LogP contribution >= 0.6 is 23.2 Å². The van der Waals surface area contributed by atoms with E-state index in [1.54, 1.807) is 24.3 Å². The summed E-state index contributed by atoms with van der Waals surface area (Å²) >= 11 is 11.5. The lowest BCUT2D eigenvalue weighted by Gasteiger charge is -2.08. The van der Waals surface area contributed by atoms with E-state index >= 15 is 0 Å². The second-order valence-electron chi connectivity index (χ2n) is 3.55. The van der Waals surface area contributed by atoms with E-state index in [1.807, 2.05) is 0 Å². The molecule has 92 valence electrons. The fourth-order valence-corrected chi connectivity index (χ4v) is 1.62. The van der Waals surface area contributed by atoms with E-state index in [0.29, 0.717) is 21.4 Å². The van der Waals surface area contributed by atoms with Gasteiger partial charge in [-0.15, -0.1) is 0 Å². The van der Waals surface area contributed by atoms with Crippen LogP contribution in [0.25, 0.3) is 0 Å². The van der Waals surface area contributed by atoms with Crippen LogP contribution in [-0.4, -0.2) is 10.9 Å². The molecule has 6 heteroatoms. The molecule has 0 saturated carbocycles. The number of carbonyl (C=O) groups excluding carboxylic acids is 1. The van der Waals surface area contributed by atoms with Gasteiger partial charge in [-0.1, -0.05) is 23.2 Å². The van der Waals surface area contributed by atoms with Crippen molar-refractivity contribution in [3.05, 3.63) is 52.3 Å². The minimum Gasteiger partial charge on any atom is -0.397 e. The molecule has 4 nitrogen and oxygen atoms in total. The molecule has 0 saturated heterocycles. The molecular formula is C12H9Cl2N3O. The number of anilines is 2. The number of pyridine rings is 1. The SMILES string of the molecule is Nc1ccc(Cl)cc1NC(=O)c1ccc(Cl)cn1. The Morgan fingerprint density at radius 3 is 2.56 bits per heavy atom. The van der Waals surface area contributed by atoms with Crippen molar-refractivity contribution in [2.75, 3.05) is 11.1 Å². The minimum absolute atomic E-state index is 0.249. The molecule has 0 radical (unpaired) electrons. The van der Waals surface area contributed by atoms with Crippen molar-refractivity contribution < 1.29 is 4.79 Å². The summed E-state index contributed by atoms with van der Waals surface area (Å²) in [5.41, 5.74) is 6.85. The second kappa shape index (κ2) is 5.25. The molecule has 1 aromatic carbocycles. The first-order chi connectivity index (χ1) is 8.56. The molecule has 18 heavy (non-hydrogen) atoms. The van der Waals surface area contributed by atoms with Crippen molar-refractivity contribution in [2.24, 2.45) is 0 Å². The highest BCUT2D eigenvalue weighted by Gasteiger charge is 2.09. The number of nitrogens with two attached hydrogens (primary N) is 1. The summed E-state index contributed by atoms with van der Waals surface area (Å²) < 4.78 is 0. The van der Waals surface area contributed by atoms with Gasteiger partial charge in [-0.05, 0) is 30.3 Å². The third kappa shape index (κ3) is 2.91. The number of nitrogens with zero attached hydrogens (tertiary/aromatic N) is 1. The van der Waals surface area contributed by atoms with Gasteiger partial charge in [0.25, 0.3) is 5.91 Å². The van der Waals surface area contributed by atoms with Gasteiger partial charge >= 0.3 is 0 Å². The number of aromatic nitrogens is 1. The number of nitrogen functional groups attached to an aromatic ring is 1. The number of hydrogen-bond acceptors (Lipinski definition) is 3. The van der Waals surface area contributed by atoms with Crippen LogP contribution in [0, 0.1) is 0 Å². The maximum atomic E-state index is 11.9. The van der Waals surface area contributed by atoms with E-state index in [1.165, 1.54) is 12.3 Å². The van der Waals surface area contributed by atoms with Crippen molar-refractivity contribution in [3.8, 4) is 0 Å². The lowest BCUT2D eigenvalue weighted by Crippen LogP contribution is -2.14.